The fourth-order valence-electron chi connectivity index (χ4n) is 4.91. The van der Waals surface area contributed by atoms with Gasteiger partial charge in [-0.25, -0.2) is 0 Å². The molecular weight excluding hydrogens is 488 g/mol. The second kappa shape index (κ2) is 9.52. The minimum atomic E-state index is -0.141. The van der Waals surface area contributed by atoms with Gasteiger partial charge in [0, 0.05) is 38.9 Å². The number of methoxy groups -OCH3 is 1. The molecule has 33 heavy (non-hydrogen) atoms. The number of rotatable bonds is 6. The third kappa shape index (κ3) is 4.20. The summed E-state index contributed by atoms with van der Waals surface area (Å²) in [5.41, 5.74) is 1.71. The van der Waals surface area contributed by atoms with E-state index in [1.807, 2.05) is 30.0 Å². The number of amides is 1. The molecule has 1 atom stereocenters. The van der Waals surface area contributed by atoms with Crippen LogP contribution >= 0.6 is 15.9 Å². The number of nitrogens with zero attached hydrogens (tertiary/aromatic N) is 4. The summed E-state index contributed by atoms with van der Waals surface area (Å²) in [5, 5.41) is 7.13. The number of ether oxygens (including phenoxy) is 2. The molecule has 0 aliphatic carbocycles. The van der Waals surface area contributed by atoms with E-state index in [4.69, 9.17) is 14.5 Å². The predicted molar refractivity (Wildman–Crippen MR) is 130 cm³/mol. The lowest BCUT2D eigenvalue weighted by atomic mass is 10.1. The van der Waals surface area contributed by atoms with E-state index in [0.717, 1.165) is 73.1 Å². The number of anilines is 2. The highest BCUT2D eigenvalue weighted by Crippen LogP contribution is 2.35. The summed E-state index contributed by atoms with van der Waals surface area (Å²) in [7, 11) is 1.66. The number of carbonyl (C=O) groups excluding carboxylic acids is 1. The first kappa shape index (κ1) is 22.5. The van der Waals surface area contributed by atoms with Crippen molar-refractivity contribution in [2.75, 3.05) is 50.2 Å². The van der Waals surface area contributed by atoms with Gasteiger partial charge in [0.1, 0.15) is 5.75 Å². The Labute approximate surface area is 202 Å². The van der Waals surface area contributed by atoms with E-state index in [9.17, 15) is 4.79 Å². The smallest absolute Gasteiger partial charge is 0.277 e. The van der Waals surface area contributed by atoms with E-state index in [2.05, 4.69) is 36.0 Å². The molecule has 0 bridgehead atoms. The number of fused-ring (bicyclic) bond motifs is 3. The Hall–Kier alpha value is -2.30. The molecule has 0 saturated carbocycles. The highest BCUT2D eigenvalue weighted by Gasteiger charge is 2.42. The van der Waals surface area contributed by atoms with Gasteiger partial charge in [-0.15, -0.1) is 0 Å². The molecule has 5 rings (SSSR count). The summed E-state index contributed by atoms with van der Waals surface area (Å²) in [4.78, 5) is 22.9. The Morgan fingerprint density at radius 3 is 2.88 bits per heavy atom. The van der Waals surface area contributed by atoms with Crippen molar-refractivity contribution in [2.45, 2.75) is 45.1 Å². The Balaban J connectivity index is 1.57. The maximum Gasteiger partial charge on any atom is 0.277 e. The lowest BCUT2D eigenvalue weighted by molar-refractivity contribution is 0.0589. The third-order valence-electron chi connectivity index (χ3n) is 6.63. The fourth-order valence-corrected chi connectivity index (χ4v) is 5.50. The van der Waals surface area contributed by atoms with Crippen LogP contribution in [-0.4, -0.2) is 72.6 Å². The number of nitrogens with one attached hydrogen (secondary N) is 2. The minimum absolute atomic E-state index is 0.0169. The van der Waals surface area contributed by atoms with E-state index in [1.54, 1.807) is 7.11 Å². The van der Waals surface area contributed by atoms with Crippen molar-refractivity contribution in [3.8, 4) is 5.75 Å². The van der Waals surface area contributed by atoms with Crippen molar-refractivity contribution in [1.82, 2.24) is 19.8 Å². The van der Waals surface area contributed by atoms with E-state index < -0.39 is 0 Å². The van der Waals surface area contributed by atoms with Gasteiger partial charge in [-0.1, -0.05) is 6.07 Å². The predicted octanol–water partition coefficient (Wildman–Crippen LogP) is 2.85. The molecule has 1 unspecified atom stereocenters. The highest BCUT2D eigenvalue weighted by atomic mass is 79.9. The zero-order valence-corrected chi connectivity index (χ0v) is 20.7. The normalized spacial score (nSPS) is 21.1. The van der Waals surface area contributed by atoms with Crippen molar-refractivity contribution in [3.63, 3.8) is 0 Å². The summed E-state index contributed by atoms with van der Waals surface area (Å²) >= 11 is 3.59. The van der Waals surface area contributed by atoms with Crippen LogP contribution in [0.2, 0.25) is 0 Å². The number of halogens is 1. The molecule has 1 aromatic heterocycles. The number of aromatic nitrogens is 2. The Kier molecular flexibility index (Phi) is 6.49. The van der Waals surface area contributed by atoms with Crippen LogP contribution < -0.4 is 20.3 Å². The molecule has 3 aliphatic rings. The van der Waals surface area contributed by atoms with Crippen molar-refractivity contribution in [3.05, 3.63) is 33.9 Å². The molecule has 2 saturated heterocycles. The van der Waals surface area contributed by atoms with Gasteiger partial charge in [-0.2, -0.15) is 4.98 Å². The maximum absolute atomic E-state index is 13.7. The molecule has 178 valence electrons. The van der Waals surface area contributed by atoms with Gasteiger partial charge in [0.25, 0.3) is 5.91 Å². The molecule has 2 N–H and O–H groups in total. The molecule has 1 amide bonds. The SMILES string of the molecule is CCN1C(=O)c2c(nc(NC3CCOCC3)n2Cc2ccc(OC)c(Br)c2)N2CCCNC12. The standard InChI is InChI=1S/C23H31BrN6O3/c1-3-28-21(31)19-20(29-10-4-9-25-23(28)29)27-22(26-16-7-11-33-12-8-16)30(19)14-15-5-6-18(32-2)17(24)13-15/h5-6,13,16,23,25H,3-4,7-12,14H2,1-2H3,(H,26,27). The Morgan fingerprint density at radius 2 is 2.15 bits per heavy atom. The quantitative estimate of drug-likeness (QED) is 0.608. The van der Waals surface area contributed by atoms with Crippen LogP contribution in [-0.2, 0) is 11.3 Å². The monoisotopic (exact) mass is 518 g/mol. The van der Waals surface area contributed by atoms with Crippen molar-refractivity contribution < 1.29 is 14.3 Å². The molecule has 1 aromatic carbocycles. The third-order valence-corrected chi connectivity index (χ3v) is 7.25. The summed E-state index contributed by atoms with van der Waals surface area (Å²) in [6.07, 6.45) is 2.73. The topological polar surface area (TPSA) is 83.9 Å². The van der Waals surface area contributed by atoms with Gasteiger partial charge < -0.3 is 24.6 Å². The first-order valence-corrected chi connectivity index (χ1v) is 12.5. The average molecular weight is 519 g/mol. The lowest BCUT2D eigenvalue weighted by Crippen LogP contribution is -2.65. The number of benzene rings is 1. The Morgan fingerprint density at radius 1 is 1.33 bits per heavy atom. The van der Waals surface area contributed by atoms with Crippen LogP contribution in [0.25, 0.3) is 0 Å². The van der Waals surface area contributed by atoms with Gasteiger partial charge in [-0.05, 0) is 59.8 Å². The lowest BCUT2D eigenvalue weighted by Gasteiger charge is -2.46. The zero-order valence-electron chi connectivity index (χ0n) is 19.1. The van der Waals surface area contributed by atoms with Gasteiger partial charge in [0.05, 0.1) is 18.1 Å². The molecule has 0 spiro atoms. The summed E-state index contributed by atoms with van der Waals surface area (Å²) in [6, 6.07) is 6.29. The van der Waals surface area contributed by atoms with E-state index in [1.165, 1.54) is 0 Å². The van der Waals surface area contributed by atoms with Crippen LogP contribution in [0, 0.1) is 0 Å². The van der Waals surface area contributed by atoms with Crippen LogP contribution in [0.3, 0.4) is 0 Å². The Bertz CT molecular complexity index is 1020. The van der Waals surface area contributed by atoms with E-state index in [0.29, 0.717) is 18.8 Å². The number of hydrogen-bond donors (Lipinski definition) is 2. The van der Waals surface area contributed by atoms with Crippen LogP contribution in [0.5, 0.6) is 5.75 Å². The number of hydrogen-bond acceptors (Lipinski definition) is 7. The van der Waals surface area contributed by atoms with Gasteiger partial charge in [-0.3, -0.25) is 14.7 Å². The maximum atomic E-state index is 13.7. The minimum Gasteiger partial charge on any atom is -0.496 e. The van der Waals surface area contributed by atoms with Crippen LogP contribution in [0.4, 0.5) is 11.8 Å². The molecule has 4 heterocycles. The summed E-state index contributed by atoms with van der Waals surface area (Å²) in [5.74, 6) is 2.31. The van der Waals surface area contributed by atoms with E-state index >= 15 is 0 Å². The van der Waals surface area contributed by atoms with Crippen molar-refractivity contribution in [1.29, 1.82) is 0 Å². The number of carbonyl (C=O) groups is 1. The summed E-state index contributed by atoms with van der Waals surface area (Å²) < 4.78 is 13.9. The molecule has 10 heteroatoms. The van der Waals surface area contributed by atoms with E-state index in [-0.39, 0.29) is 18.2 Å². The second-order valence-corrected chi connectivity index (χ2v) is 9.51. The second-order valence-electron chi connectivity index (χ2n) is 8.66. The molecule has 2 fully saturated rings. The number of imidazole rings is 1. The molecule has 9 nitrogen and oxygen atoms in total. The average Bonchev–Trinajstić information content (AvgIpc) is 3.18. The zero-order chi connectivity index (χ0) is 22.9. The largest absolute Gasteiger partial charge is 0.496 e. The first-order valence-electron chi connectivity index (χ1n) is 11.7. The molecule has 0 radical (unpaired) electrons. The fraction of sp³-hybridized carbons (Fsp3) is 0.565. The van der Waals surface area contributed by atoms with Crippen LogP contribution in [0.1, 0.15) is 42.2 Å². The summed E-state index contributed by atoms with van der Waals surface area (Å²) in [6.45, 7) is 6.44. The molecule has 3 aliphatic heterocycles. The molecule has 2 aromatic rings. The first-order chi connectivity index (χ1) is 16.1. The van der Waals surface area contributed by atoms with Gasteiger partial charge in [0.15, 0.2) is 17.8 Å². The van der Waals surface area contributed by atoms with Gasteiger partial charge in [0.2, 0.25) is 5.95 Å². The molecular formula is C23H31BrN6O3. The van der Waals surface area contributed by atoms with Crippen molar-refractivity contribution in [2.24, 2.45) is 0 Å². The van der Waals surface area contributed by atoms with Crippen LogP contribution in [0.15, 0.2) is 22.7 Å². The van der Waals surface area contributed by atoms with Crippen molar-refractivity contribution >= 4 is 33.6 Å². The van der Waals surface area contributed by atoms with Gasteiger partial charge >= 0.3 is 0 Å². The highest BCUT2D eigenvalue weighted by molar-refractivity contribution is 9.10.